The van der Waals surface area contributed by atoms with Crippen LogP contribution in [0.1, 0.15) is 5.56 Å². The highest BCUT2D eigenvalue weighted by atomic mass is 15.1. The fourth-order valence-electron chi connectivity index (χ4n) is 1.88. The fraction of sp³-hybridized carbons (Fsp3) is 0.286. The largest absolute Gasteiger partial charge is 0.379 e. The van der Waals surface area contributed by atoms with Crippen LogP contribution in [0.2, 0.25) is 0 Å². The lowest BCUT2D eigenvalue weighted by molar-refractivity contribution is 0.920. The third-order valence-electron chi connectivity index (χ3n) is 2.76. The van der Waals surface area contributed by atoms with Gasteiger partial charge in [0, 0.05) is 40.1 Å². The molecule has 0 atom stereocenters. The summed E-state index contributed by atoms with van der Waals surface area (Å²) in [6, 6.07) is 10.5. The van der Waals surface area contributed by atoms with Gasteiger partial charge in [0.25, 0.3) is 0 Å². The first-order valence-electron chi connectivity index (χ1n) is 5.78. The molecule has 3 nitrogen and oxygen atoms in total. The Hall–Kier alpha value is -1.90. The Morgan fingerprint density at radius 3 is 2.59 bits per heavy atom. The van der Waals surface area contributed by atoms with Gasteiger partial charge in [0.1, 0.15) is 0 Å². The lowest BCUT2D eigenvalue weighted by Crippen LogP contribution is -2.11. The molecule has 2 aromatic rings. The number of nitrogens with zero attached hydrogens (tertiary/aromatic N) is 2. The van der Waals surface area contributed by atoms with Crippen LogP contribution < -0.4 is 10.2 Å². The zero-order chi connectivity index (χ0) is 12.3. The van der Waals surface area contributed by atoms with E-state index in [1.165, 1.54) is 16.9 Å². The number of aryl methyl sites for hydroxylation is 1. The van der Waals surface area contributed by atoms with E-state index in [0.717, 1.165) is 6.54 Å². The highest BCUT2D eigenvalue weighted by Crippen LogP contribution is 2.23. The van der Waals surface area contributed by atoms with E-state index in [1.807, 2.05) is 7.05 Å². The van der Waals surface area contributed by atoms with Gasteiger partial charge in [0.2, 0.25) is 0 Å². The summed E-state index contributed by atoms with van der Waals surface area (Å²) in [6.45, 7) is 0.853. The predicted molar refractivity (Wildman–Crippen MR) is 73.5 cm³/mol. The van der Waals surface area contributed by atoms with E-state index in [0.29, 0.717) is 0 Å². The topological polar surface area (TPSA) is 20.2 Å². The minimum absolute atomic E-state index is 0.853. The second kappa shape index (κ2) is 4.95. The van der Waals surface area contributed by atoms with E-state index >= 15 is 0 Å². The molecule has 1 heterocycles. The first-order chi connectivity index (χ1) is 8.16. The third-order valence-corrected chi connectivity index (χ3v) is 2.76. The number of anilines is 2. The Kier molecular flexibility index (Phi) is 3.38. The van der Waals surface area contributed by atoms with Crippen molar-refractivity contribution < 1.29 is 0 Å². The molecule has 0 aliphatic heterocycles. The molecule has 17 heavy (non-hydrogen) atoms. The maximum Gasteiger partial charge on any atom is 0.0596 e. The molecule has 0 radical (unpaired) electrons. The summed E-state index contributed by atoms with van der Waals surface area (Å²) >= 11 is 0. The minimum atomic E-state index is 0.853. The van der Waals surface area contributed by atoms with Crippen molar-refractivity contribution in [1.29, 1.82) is 0 Å². The van der Waals surface area contributed by atoms with Gasteiger partial charge in [-0.25, -0.2) is 0 Å². The number of aromatic nitrogens is 1. The standard InChI is InChI=1S/C14H19N3/c1-16(2)14-7-5-4-6-13(14)15-10-12-8-9-17(3)11-12/h4-9,11,15H,10H2,1-3H3. The summed E-state index contributed by atoms with van der Waals surface area (Å²) in [5.41, 5.74) is 3.67. The lowest BCUT2D eigenvalue weighted by Gasteiger charge is -2.18. The molecule has 0 amide bonds. The van der Waals surface area contributed by atoms with Crippen LogP contribution in [0.3, 0.4) is 0 Å². The normalized spacial score (nSPS) is 10.3. The summed E-state index contributed by atoms with van der Waals surface area (Å²) in [7, 11) is 6.16. The summed E-state index contributed by atoms with van der Waals surface area (Å²) in [5.74, 6) is 0. The van der Waals surface area contributed by atoms with Crippen LogP contribution in [0.15, 0.2) is 42.7 Å². The molecule has 1 N–H and O–H groups in total. The maximum absolute atomic E-state index is 3.47. The summed E-state index contributed by atoms with van der Waals surface area (Å²) < 4.78 is 2.06. The van der Waals surface area contributed by atoms with Crippen LogP contribution >= 0.6 is 0 Å². The van der Waals surface area contributed by atoms with Gasteiger partial charge in [-0.3, -0.25) is 0 Å². The molecule has 0 aliphatic carbocycles. The monoisotopic (exact) mass is 229 g/mol. The van der Waals surface area contributed by atoms with Crippen molar-refractivity contribution in [2.75, 3.05) is 24.3 Å². The highest BCUT2D eigenvalue weighted by molar-refractivity contribution is 5.69. The molecular weight excluding hydrogens is 210 g/mol. The average Bonchev–Trinajstić information content (AvgIpc) is 2.73. The zero-order valence-corrected chi connectivity index (χ0v) is 10.6. The van der Waals surface area contributed by atoms with Crippen LogP contribution in [0, 0.1) is 0 Å². The van der Waals surface area contributed by atoms with Crippen molar-refractivity contribution in [3.63, 3.8) is 0 Å². The number of hydrogen-bond acceptors (Lipinski definition) is 2. The first kappa shape index (κ1) is 11.6. The summed E-state index contributed by atoms with van der Waals surface area (Å²) in [6.07, 6.45) is 4.19. The van der Waals surface area contributed by atoms with Gasteiger partial charge in [-0.1, -0.05) is 12.1 Å². The Labute approximate surface area is 103 Å². The zero-order valence-electron chi connectivity index (χ0n) is 10.6. The van der Waals surface area contributed by atoms with Crippen LogP contribution in [0.4, 0.5) is 11.4 Å². The van der Waals surface area contributed by atoms with Crippen molar-refractivity contribution in [1.82, 2.24) is 4.57 Å². The Bertz CT molecular complexity index is 486. The molecule has 1 aromatic carbocycles. The molecule has 0 saturated heterocycles. The molecule has 0 bridgehead atoms. The maximum atomic E-state index is 3.47. The van der Waals surface area contributed by atoms with Gasteiger partial charge in [-0.15, -0.1) is 0 Å². The number of benzene rings is 1. The number of hydrogen-bond donors (Lipinski definition) is 1. The van der Waals surface area contributed by atoms with E-state index in [-0.39, 0.29) is 0 Å². The quantitative estimate of drug-likeness (QED) is 0.870. The van der Waals surface area contributed by atoms with Crippen molar-refractivity contribution in [3.8, 4) is 0 Å². The molecular formula is C14H19N3. The molecule has 0 saturated carbocycles. The SMILES string of the molecule is CN(C)c1ccccc1NCc1ccn(C)c1. The van der Waals surface area contributed by atoms with Crippen molar-refractivity contribution in [3.05, 3.63) is 48.3 Å². The Morgan fingerprint density at radius 1 is 1.18 bits per heavy atom. The lowest BCUT2D eigenvalue weighted by atomic mass is 10.2. The molecule has 3 heteroatoms. The van der Waals surface area contributed by atoms with Crippen LogP contribution in [0.25, 0.3) is 0 Å². The Balaban J connectivity index is 2.08. The summed E-state index contributed by atoms with van der Waals surface area (Å²) in [4.78, 5) is 2.12. The van der Waals surface area contributed by atoms with Gasteiger partial charge >= 0.3 is 0 Å². The minimum Gasteiger partial charge on any atom is -0.379 e. The molecule has 0 aliphatic rings. The molecule has 0 spiro atoms. The van der Waals surface area contributed by atoms with E-state index < -0.39 is 0 Å². The van der Waals surface area contributed by atoms with Crippen molar-refractivity contribution >= 4 is 11.4 Å². The van der Waals surface area contributed by atoms with E-state index in [9.17, 15) is 0 Å². The van der Waals surface area contributed by atoms with Crippen LogP contribution in [-0.2, 0) is 13.6 Å². The molecule has 0 unspecified atom stereocenters. The number of rotatable bonds is 4. The molecule has 0 fully saturated rings. The third kappa shape index (κ3) is 2.81. The van der Waals surface area contributed by atoms with Crippen LogP contribution in [-0.4, -0.2) is 18.7 Å². The van der Waals surface area contributed by atoms with E-state index in [2.05, 4.69) is 71.6 Å². The van der Waals surface area contributed by atoms with Crippen molar-refractivity contribution in [2.24, 2.45) is 7.05 Å². The van der Waals surface area contributed by atoms with E-state index in [1.54, 1.807) is 0 Å². The average molecular weight is 229 g/mol. The number of nitrogens with one attached hydrogen (secondary N) is 1. The second-order valence-corrected chi connectivity index (χ2v) is 4.45. The summed E-state index contributed by atoms with van der Waals surface area (Å²) in [5, 5.41) is 3.47. The smallest absolute Gasteiger partial charge is 0.0596 e. The molecule has 2 rings (SSSR count). The fourth-order valence-corrected chi connectivity index (χ4v) is 1.88. The van der Waals surface area contributed by atoms with Gasteiger partial charge in [0.05, 0.1) is 11.4 Å². The predicted octanol–water partition coefficient (Wildman–Crippen LogP) is 2.70. The molecule has 1 aromatic heterocycles. The highest BCUT2D eigenvalue weighted by Gasteiger charge is 2.03. The first-order valence-corrected chi connectivity index (χ1v) is 5.78. The van der Waals surface area contributed by atoms with Crippen molar-refractivity contribution in [2.45, 2.75) is 6.54 Å². The van der Waals surface area contributed by atoms with Gasteiger partial charge < -0.3 is 14.8 Å². The van der Waals surface area contributed by atoms with Gasteiger partial charge in [-0.05, 0) is 23.8 Å². The molecule has 90 valence electrons. The number of para-hydroxylation sites is 2. The van der Waals surface area contributed by atoms with E-state index in [4.69, 9.17) is 0 Å². The second-order valence-electron chi connectivity index (χ2n) is 4.45. The Morgan fingerprint density at radius 2 is 1.94 bits per heavy atom. The van der Waals surface area contributed by atoms with Gasteiger partial charge in [-0.2, -0.15) is 0 Å². The van der Waals surface area contributed by atoms with Gasteiger partial charge in [0.15, 0.2) is 0 Å². The van der Waals surface area contributed by atoms with Crippen LogP contribution in [0.5, 0.6) is 0 Å².